The Kier molecular flexibility index (Phi) is 8.66. The summed E-state index contributed by atoms with van der Waals surface area (Å²) in [4.78, 5) is 44.8. The number of likely N-dealkylation sites (N-methyl/N-ethyl adjacent to an activating group) is 1. The SMILES string of the molecule is CN(OC1CCOCC1)C(=O)c1ccc(CC(C(=O)O)N(C)C(=O)OCC2c3ccccc3-c3ccccc32)cc1. The van der Waals surface area contributed by atoms with Crippen molar-refractivity contribution in [2.24, 2.45) is 0 Å². The minimum atomic E-state index is -1.15. The average Bonchev–Trinajstić information content (AvgIpc) is 3.32. The van der Waals surface area contributed by atoms with Crippen molar-refractivity contribution in [1.82, 2.24) is 9.96 Å². The molecule has 1 fully saturated rings. The van der Waals surface area contributed by atoms with E-state index in [1.54, 1.807) is 31.3 Å². The van der Waals surface area contributed by atoms with E-state index in [0.717, 1.165) is 40.0 Å². The van der Waals surface area contributed by atoms with E-state index in [-0.39, 0.29) is 31.0 Å². The van der Waals surface area contributed by atoms with Crippen molar-refractivity contribution in [3.8, 4) is 11.1 Å². The zero-order valence-corrected chi connectivity index (χ0v) is 23.2. The number of benzene rings is 3. The lowest BCUT2D eigenvalue weighted by Gasteiger charge is -2.27. The van der Waals surface area contributed by atoms with Gasteiger partial charge in [0.2, 0.25) is 0 Å². The first-order valence-electron chi connectivity index (χ1n) is 13.8. The van der Waals surface area contributed by atoms with Crippen molar-refractivity contribution >= 4 is 18.0 Å². The summed E-state index contributed by atoms with van der Waals surface area (Å²) in [5.74, 6) is -1.57. The molecule has 5 rings (SSSR count). The van der Waals surface area contributed by atoms with Crippen molar-refractivity contribution in [2.75, 3.05) is 33.9 Å². The number of hydrogen-bond donors (Lipinski definition) is 1. The summed E-state index contributed by atoms with van der Waals surface area (Å²) in [6, 6.07) is 21.6. The van der Waals surface area contributed by atoms with Crippen molar-refractivity contribution < 1.29 is 33.8 Å². The van der Waals surface area contributed by atoms with E-state index in [0.29, 0.717) is 24.3 Å². The molecule has 2 amide bonds. The second-order valence-corrected chi connectivity index (χ2v) is 10.4. The number of carboxylic acid groups (broad SMARTS) is 1. The lowest BCUT2D eigenvalue weighted by atomic mass is 9.98. The summed E-state index contributed by atoms with van der Waals surface area (Å²) in [7, 11) is 3.01. The van der Waals surface area contributed by atoms with Gasteiger partial charge >= 0.3 is 12.1 Å². The lowest BCUT2D eigenvalue weighted by molar-refractivity contribution is -0.170. The molecule has 41 heavy (non-hydrogen) atoms. The van der Waals surface area contributed by atoms with Crippen LogP contribution in [0.5, 0.6) is 0 Å². The molecule has 0 radical (unpaired) electrons. The molecule has 1 N–H and O–H groups in total. The van der Waals surface area contributed by atoms with Crippen LogP contribution >= 0.6 is 0 Å². The van der Waals surface area contributed by atoms with Crippen LogP contribution in [0.3, 0.4) is 0 Å². The number of carbonyl (C=O) groups excluding carboxylic acids is 2. The number of nitrogens with zero attached hydrogens (tertiary/aromatic N) is 2. The second kappa shape index (κ2) is 12.5. The summed E-state index contributed by atoms with van der Waals surface area (Å²) < 4.78 is 11.0. The van der Waals surface area contributed by atoms with Crippen molar-refractivity contribution in [3.63, 3.8) is 0 Å². The Morgan fingerprint density at radius 3 is 2.07 bits per heavy atom. The van der Waals surface area contributed by atoms with E-state index in [1.165, 1.54) is 12.1 Å². The molecule has 3 aromatic rings. The van der Waals surface area contributed by atoms with Gasteiger partial charge in [-0.1, -0.05) is 60.7 Å². The molecule has 1 unspecified atom stereocenters. The second-order valence-electron chi connectivity index (χ2n) is 10.4. The van der Waals surface area contributed by atoms with Gasteiger partial charge in [0.15, 0.2) is 0 Å². The summed E-state index contributed by atoms with van der Waals surface area (Å²) in [5.41, 5.74) is 5.48. The van der Waals surface area contributed by atoms with E-state index >= 15 is 0 Å². The first kappa shape index (κ1) is 28.3. The van der Waals surface area contributed by atoms with Gasteiger partial charge in [0.1, 0.15) is 12.6 Å². The maximum absolute atomic E-state index is 13.0. The Labute approximate surface area is 239 Å². The van der Waals surface area contributed by atoms with Gasteiger partial charge in [-0.3, -0.25) is 14.5 Å². The number of carboxylic acids is 1. The molecule has 1 aliphatic heterocycles. The highest BCUT2D eigenvalue weighted by Gasteiger charge is 2.32. The fourth-order valence-electron chi connectivity index (χ4n) is 5.45. The van der Waals surface area contributed by atoms with Gasteiger partial charge in [0, 0.05) is 45.2 Å². The molecule has 9 heteroatoms. The number of carbonyl (C=O) groups is 3. The normalized spacial score (nSPS) is 15.5. The van der Waals surface area contributed by atoms with Crippen LogP contribution in [-0.4, -0.2) is 79.1 Å². The molecule has 3 aromatic carbocycles. The third-order valence-electron chi connectivity index (χ3n) is 7.77. The quantitative estimate of drug-likeness (QED) is 0.378. The standard InChI is InChI=1S/C32H34N2O7/c1-33(32(38)40-20-28-26-9-5-3-7-24(26)25-8-4-6-10-27(25)28)29(31(36)37)19-21-11-13-22(14-12-21)30(35)34(2)41-23-15-17-39-18-16-23/h3-14,23,28-29H,15-20H2,1-2H3,(H,36,37). The smallest absolute Gasteiger partial charge is 0.410 e. The number of hydrogen-bond acceptors (Lipinski definition) is 6. The topological polar surface area (TPSA) is 106 Å². The summed E-state index contributed by atoms with van der Waals surface area (Å²) in [5, 5.41) is 11.2. The van der Waals surface area contributed by atoms with Gasteiger partial charge in [-0.2, -0.15) is 0 Å². The van der Waals surface area contributed by atoms with Gasteiger partial charge < -0.3 is 14.6 Å². The fourth-order valence-corrected chi connectivity index (χ4v) is 5.45. The molecular formula is C32H34N2O7. The van der Waals surface area contributed by atoms with Crippen LogP contribution in [0.25, 0.3) is 11.1 Å². The third kappa shape index (κ3) is 6.26. The van der Waals surface area contributed by atoms with Gasteiger partial charge in [-0.25, -0.2) is 14.7 Å². The minimum absolute atomic E-state index is 0.0545. The molecule has 0 aromatic heterocycles. The number of aliphatic carboxylic acids is 1. The van der Waals surface area contributed by atoms with Gasteiger partial charge in [-0.15, -0.1) is 0 Å². The first-order valence-corrected chi connectivity index (χ1v) is 13.8. The van der Waals surface area contributed by atoms with Crippen molar-refractivity contribution in [2.45, 2.75) is 37.3 Å². The van der Waals surface area contributed by atoms with Crippen LogP contribution in [0, 0.1) is 0 Å². The Morgan fingerprint density at radius 1 is 0.902 bits per heavy atom. The highest BCUT2D eigenvalue weighted by Crippen LogP contribution is 2.44. The highest BCUT2D eigenvalue weighted by atomic mass is 16.7. The molecular weight excluding hydrogens is 524 g/mol. The predicted molar refractivity (Wildman–Crippen MR) is 151 cm³/mol. The van der Waals surface area contributed by atoms with Gasteiger partial charge in [0.25, 0.3) is 5.91 Å². The van der Waals surface area contributed by atoms with Crippen LogP contribution in [0.4, 0.5) is 4.79 Å². The zero-order chi connectivity index (χ0) is 28.9. The fraction of sp³-hybridized carbons (Fsp3) is 0.344. The van der Waals surface area contributed by atoms with Gasteiger partial charge in [-0.05, 0) is 52.8 Å². The van der Waals surface area contributed by atoms with Crippen LogP contribution < -0.4 is 0 Å². The molecule has 2 aliphatic rings. The Bertz CT molecular complexity index is 1360. The van der Waals surface area contributed by atoms with Crippen molar-refractivity contribution in [1.29, 1.82) is 0 Å². The monoisotopic (exact) mass is 558 g/mol. The Balaban J connectivity index is 1.20. The number of fused-ring (bicyclic) bond motifs is 3. The number of ether oxygens (including phenoxy) is 2. The average molecular weight is 559 g/mol. The maximum Gasteiger partial charge on any atom is 0.410 e. The van der Waals surface area contributed by atoms with Crippen LogP contribution in [-0.2, 0) is 25.5 Å². The zero-order valence-electron chi connectivity index (χ0n) is 23.2. The highest BCUT2D eigenvalue weighted by molar-refractivity contribution is 5.93. The van der Waals surface area contributed by atoms with Crippen LogP contribution in [0.15, 0.2) is 72.8 Å². The number of amides is 2. The van der Waals surface area contributed by atoms with E-state index < -0.39 is 18.1 Å². The molecule has 9 nitrogen and oxygen atoms in total. The summed E-state index contributed by atoms with van der Waals surface area (Å²) in [6.45, 7) is 1.32. The van der Waals surface area contributed by atoms with E-state index in [9.17, 15) is 19.5 Å². The van der Waals surface area contributed by atoms with Gasteiger partial charge in [0.05, 0.1) is 6.10 Å². The van der Waals surface area contributed by atoms with E-state index in [4.69, 9.17) is 14.3 Å². The summed E-state index contributed by atoms with van der Waals surface area (Å²) in [6.07, 6.45) is 0.729. The molecule has 0 saturated carbocycles. The van der Waals surface area contributed by atoms with E-state index in [1.807, 2.05) is 36.4 Å². The molecule has 1 aliphatic carbocycles. The molecule has 0 spiro atoms. The predicted octanol–water partition coefficient (Wildman–Crippen LogP) is 4.75. The lowest BCUT2D eigenvalue weighted by Crippen LogP contribution is -2.44. The maximum atomic E-state index is 13.0. The molecule has 214 valence electrons. The first-order chi connectivity index (χ1) is 19.8. The van der Waals surface area contributed by atoms with E-state index in [2.05, 4.69) is 12.1 Å². The largest absolute Gasteiger partial charge is 0.480 e. The number of hydroxylamine groups is 2. The number of rotatable bonds is 9. The summed E-state index contributed by atoms with van der Waals surface area (Å²) >= 11 is 0. The molecule has 1 atom stereocenters. The molecule has 1 saturated heterocycles. The molecule has 0 bridgehead atoms. The van der Waals surface area contributed by atoms with Crippen LogP contribution in [0.1, 0.15) is 45.8 Å². The third-order valence-corrected chi connectivity index (χ3v) is 7.77. The Hall–Kier alpha value is -4.21. The Morgan fingerprint density at radius 2 is 1.49 bits per heavy atom. The van der Waals surface area contributed by atoms with Crippen molar-refractivity contribution in [3.05, 3.63) is 95.1 Å². The van der Waals surface area contributed by atoms with Crippen LogP contribution in [0.2, 0.25) is 0 Å². The minimum Gasteiger partial charge on any atom is -0.480 e. The molecule has 1 heterocycles.